The number of hydrogen-bond donors (Lipinski definition) is 2. The van der Waals surface area contributed by atoms with Gasteiger partial charge in [0.2, 0.25) is 10.0 Å². The second-order valence-electron chi connectivity index (χ2n) is 5.45. The van der Waals surface area contributed by atoms with E-state index in [1.54, 1.807) is 6.07 Å². The fourth-order valence-corrected chi connectivity index (χ4v) is 6.50. The summed E-state index contributed by atoms with van der Waals surface area (Å²) in [5, 5.41) is 3.52. The number of sulfonamides is 1. The lowest BCUT2D eigenvalue weighted by Crippen LogP contribution is -2.47. The molecule has 0 saturated carbocycles. The van der Waals surface area contributed by atoms with Crippen LogP contribution in [-0.2, 0) is 10.0 Å². The highest BCUT2D eigenvalue weighted by atomic mass is 79.9. The van der Waals surface area contributed by atoms with Gasteiger partial charge in [-0.1, -0.05) is 0 Å². The maximum Gasteiger partial charge on any atom is 0.250 e. The average Bonchev–Trinajstić information content (AvgIpc) is 2.83. The largest absolute Gasteiger partial charge is 0.311 e. The van der Waals surface area contributed by atoms with Gasteiger partial charge >= 0.3 is 0 Å². The molecule has 4 nitrogen and oxygen atoms in total. The Labute approximate surface area is 138 Å². The van der Waals surface area contributed by atoms with E-state index in [1.165, 1.54) is 24.2 Å². The number of fused-ring (bicyclic) bond motifs is 2. The van der Waals surface area contributed by atoms with E-state index in [4.69, 9.17) is 0 Å². The smallest absolute Gasteiger partial charge is 0.250 e. The summed E-state index contributed by atoms with van der Waals surface area (Å²) in [4.78, 5) is 0. The highest BCUT2D eigenvalue weighted by molar-refractivity contribution is 9.11. The Kier molecular flexibility index (Phi) is 5.20. The summed E-state index contributed by atoms with van der Waals surface area (Å²) in [6, 6.07) is 2.78. The first kappa shape index (κ1) is 16.7. The predicted octanol–water partition coefficient (Wildman–Crippen LogP) is 2.80. The van der Waals surface area contributed by atoms with Crippen LogP contribution < -0.4 is 10.0 Å². The van der Waals surface area contributed by atoms with Crippen LogP contribution in [0.4, 0.5) is 0 Å². The summed E-state index contributed by atoms with van der Waals surface area (Å²) in [5.74, 6) is 0. The Morgan fingerprint density at radius 1 is 1.35 bits per heavy atom. The van der Waals surface area contributed by atoms with E-state index in [1.807, 2.05) is 6.92 Å². The van der Waals surface area contributed by atoms with Gasteiger partial charge in [-0.15, -0.1) is 23.7 Å². The molecule has 1 aromatic heterocycles. The Hall–Kier alpha value is 0.340. The molecule has 2 N–H and O–H groups in total. The molecule has 2 saturated heterocycles. The zero-order valence-electron chi connectivity index (χ0n) is 11.1. The first-order valence-corrected chi connectivity index (χ1v) is 9.57. The molecule has 2 bridgehead atoms. The van der Waals surface area contributed by atoms with Crippen LogP contribution in [0.15, 0.2) is 14.1 Å². The average molecular weight is 402 g/mol. The number of nitrogens with one attached hydrogen (secondary N) is 2. The molecule has 2 unspecified atom stereocenters. The van der Waals surface area contributed by atoms with Gasteiger partial charge in [0, 0.05) is 18.1 Å². The van der Waals surface area contributed by atoms with Crippen molar-refractivity contribution in [3.8, 4) is 0 Å². The van der Waals surface area contributed by atoms with Gasteiger partial charge in [-0.05, 0) is 60.2 Å². The molecule has 2 aliphatic heterocycles. The predicted molar refractivity (Wildman–Crippen MR) is 87.3 cm³/mol. The lowest BCUT2D eigenvalue weighted by molar-refractivity contribution is 0.345. The molecule has 0 amide bonds. The van der Waals surface area contributed by atoms with E-state index >= 15 is 0 Å². The standard InChI is InChI=1S/C12H17BrN2O2S2.ClH/c1-7-4-11(18-12(7)13)19(16,17)15-10-5-8-2-3-9(6-10)14-8;/h4,8-10,14-15H,2-3,5-6H2,1H3;1H. The van der Waals surface area contributed by atoms with E-state index in [9.17, 15) is 8.42 Å². The normalized spacial score (nSPS) is 29.2. The third-order valence-corrected chi connectivity index (χ3v) is 8.03. The van der Waals surface area contributed by atoms with Crippen molar-refractivity contribution in [3.63, 3.8) is 0 Å². The van der Waals surface area contributed by atoms with E-state index < -0.39 is 10.0 Å². The van der Waals surface area contributed by atoms with Crippen LogP contribution in [0.5, 0.6) is 0 Å². The van der Waals surface area contributed by atoms with Crippen molar-refractivity contribution in [1.29, 1.82) is 0 Å². The molecule has 8 heteroatoms. The van der Waals surface area contributed by atoms with E-state index in [0.717, 1.165) is 22.2 Å². The highest BCUT2D eigenvalue weighted by Crippen LogP contribution is 2.32. The topological polar surface area (TPSA) is 58.2 Å². The minimum absolute atomic E-state index is 0. The molecule has 114 valence electrons. The van der Waals surface area contributed by atoms with Crippen LogP contribution in [0, 0.1) is 6.92 Å². The molecular weight excluding hydrogens is 384 g/mol. The first-order chi connectivity index (χ1) is 8.94. The van der Waals surface area contributed by atoms with Gasteiger partial charge in [-0.25, -0.2) is 13.1 Å². The second-order valence-corrected chi connectivity index (χ2v) is 9.76. The van der Waals surface area contributed by atoms with Gasteiger partial charge in [0.05, 0.1) is 3.79 Å². The second kappa shape index (κ2) is 6.22. The Bertz CT molecular complexity index is 559. The summed E-state index contributed by atoms with van der Waals surface area (Å²) >= 11 is 4.66. The first-order valence-electron chi connectivity index (χ1n) is 6.48. The molecule has 2 atom stereocenters. The number of hydrogen-bond acceptors (Lipinski definition) is 4. The van der Waals surface area contributed by atoms with Crippen LogP contribution in [0.1, 0.15) is 31.2 Å². The van der Waals surface area contributed by atoms with Crippen molar-refractivity contribution in [3.05, 3.63) is 15.4 Å². The molecule has 0 radical (unpaired) electrons. The minimum atomic E-state index is -3.37. The SMILES string of the molecule is Cc1cc(S(=O)(=O)NC2CC3CCC(C2)N3)sc1Br.Cl. The summed E-state index contributed by atoms with van der Waals surface area (Å²) < 4.78 is 28.9. The van der Waals surface area contributed by atoms with E-state index in [2.05, 4.69) is 26.0 Å². The Morgan fingerprint density at radius 3 is 2.45 bits per heavy atom. The summed E-state index contributed by atoms with van der Waals surface area (Å²) in [5.41, 5.74) is 0.968. The molecule has 20 heavy (non-hydrogen) atoms. The van der Waals surface area contributed by atoms with E-state index in [0.29, 0.717) is 16.3 Å². The minimum Gasteiger partial charge on any atom is -0.311 e. The summed E-state index contributed by atoms with van der Waals surface area (Å²) in [7, 11) is -3.37. The molecule has 0 aliphatic carbocycles. The molecule has 2 aliphatic rings. The molecule has 0 aromatic carbocycles. The molecule has 0 spiro atoms. The highest BCUT2D eigenvalue weighted by Gasteiger charge is 2.35. The third kappa shape index (κ3) is 3.39. The molecule has 2 fully saturated rings. The lowest BCUT2D eigenvalue weighted by atomic mass is 10.0. The summed E-state index contributed by atoms with van der Waals surface area (Å²) in [6.07, 6.45) is 4.15. The van der Waals surface area contributed by atoms with Gasteiger partial charge in [0.15, 0.2) is 0 Å². The van der Waals surface area contributed by atoms with Gasteiger partial charge in [0.1, 0.15) is 4.21 Å². The number of aryl methyl sites for hydroxylation is 1. The lowest BCUT2D eigenvalue weighted by Gasteiger charge is -2.29. The Balaban J connectivity index is 0.00000147. The van der Waals surface area contributed by atoms with Gasteiger partial charge in [0.25, 0.3) is 0 Å². The van der Waals surface area contributed by atoms with Crippen molar-refractivity contribution >= 4 is 49.7 Å². The maximum absolute atomic E-state index is 12.4. The fourth-order valence-electron chi connectivity index (χ4n) is 3.00. The summed E-state index contributed by atoms with van der Waals surface area (Å²) in [6.45, 7) is 1.91. The zero-order valence-corrected chi connectivity index (χ0v) is 15.1. The quantitative estimate of drug-likeness (QED) is 0.819. The van der Waals surface area contributed by atoms with Crippen molar-refractivity contribution in [1.82, 2.24) is 10.0 Å². The van der Waals surface area contributed by atoms with E-state index in [-0.39, 0.29) is 18.4 Å². The Morgan fingerprint density at radius 2 is 1.95 bits per heavy atom. The molecule has 3 heterocycles. The van der Waals surface area contributed by atoms with Gasteiger partial charge in [-0.3, -0.25) is 0 Å². The fraction of sp³-hybridized carbons (Fsp3) is 0.667. The molecular formula is C12H18BrClN2O2S2. The number of thiophene rings is 1. The number of rotatable bonds is 3. The molecule has 3 rings (SSSR count). The number of piperidine rings is 1. The monoisotopic (exact) mass is 400 g/mol. The van der Waals surface area contributed by atoms with Gasteiger partial charge in [-0.2, -0.15) is 0 Å². The third-order valence-electron chi connectivity index (χ3n) is 3.89. The van der Waals surface area contributed by atoms with Crippen molar-refractivity contribution in [2.24, 2.45) is 0 Å². The number of halogens is 2. The van der Waals surface area contributed by atoms with Crippen LogP contribution in [-0.4, -0.2) is 26.5 Å². The van der Waals surface area contributed by atoms with Crippen molar-refractivity contribution in [2.45, 2.75) is 54.9 Å². The maximum atomic E-state index is 12.4. The van der Waals surface area contributed by atoms with Crippen LogP contribution in [0.3, 0.4) is 0 Å². The zero-order chi connectivity index (χ0) is 13.6. The van der Waals surface area contributed by atoms with Crippen LogP contribution in [0.2, 0.25) is 0 Å². The van der Waals surface area contributed by atoms with Crippen molar-refractivity contribution in [2.75, 3.05) is 0 Å². The van der Waals surface area contributed by atoms with Gasteiger partial charge < -0.3 is 5.32 Å². The van der Waals surface area contributed by atoms with Crippen molar-refractivity contribution < 1.29 is 8.42 Å². The molecule has 1 aromatic rings. The van der Waals surface area contributed by atoms with Crippen LogP contribution >= 0.6 is 39.7 Å². The van der Waals surface area contributed by atoms with Crippen LogP contribution in [0.25, 0.3) is 0 Å².